The number of aromatic nitrogens is 3. The van der Waals surface area contributed by atoms with Crippen LogP contribution in [0, 0.1) is 0 Å². The number of nitrogens with zero attached hydrogens (tertiary/aromatic N) is 3. The fourth-order valence-corrected chi connectivity index (χ4v) is 3.52. The molecule has 7 nitrogen and oxygen atoms in total. The monoisotopic (exact) mass is 350 g/mol. The number of amides is 1. The van der Waals surface area contributed by atoms with Gasteiger partial charge in [0.1, 0.15) is 11.3 Å². The Kier molecular flexibility index (Phi) is 3.72. The SMILES string of the molecule is Cn1c(=O)c2ccc(C(=O)NC3CCc4ccccc43)nc2n(C)c1=O. The molecule has 0 spiro atoms. The van der Waals surface area contributed by atoms with Crippen LogP contribution in [0.3, 0.4) is 0 Å². The van der Waals surface area contributed by atoms with Crippen molar-refractivity contribution in [2.75, 3.05) is 0 Å². The van der Waals surface area contributed by atoms with E-state index >= 15 is 0 Å². The average Bonchev–Trinajstić information content (AvgIpc) is 3.07. The minimum Gasteiger partial charge on any atom is -0.344 e. The van der Waals surface area contributed by atoms with Gasteiger partial charge in [-0.25, -0.2) is 9.78 Å². The van der Waals surface area contributed by atoms with Crippen LogP contribution in [0.5, 0.6) is 0 Å². The Morgan fingerprint density at radius 2 is 1.88 bits per heavy atom. The average molecular weight is 350 g/mol. The second-order valence-electron chi connectivity index (χ2n) is 6.54. The van der Waals surface area contributed by atoms with E-state index < -0.39 is 11.2 Å². The first-order valence-corrected chi connectivity index (χ1v) is 8.43. The van der Waals surface area contributed by atoms with E-state index in [0.717, 1.165) is 23.0 Å². The number of nitrogens with one attached hydrogen (secondary N) is 1. The molecule has 0 saturated carbocycles. The lowest BCUT2D eigenvalue weighted by Crippen LogP contribution is -2.37. The molecule has 2 heterocycles. The van der Waals surface area contributed by atoms with Gasteiger partial charge in [-0.15, -0.1) is 0 Å². The highest BCUT2D eigenvalue weighted by atomic mass is 16.2. The van der Waals surface area contributed by atoms with Crippen molar-refractivity contribution in [3.05, 3.63) is 74.1 Å². The molecule has 1 atom stereocenters. The smallest absolute Gasteiger partial charge is 0.332 e. The van der Waals surface area contributed by atoms with Crippen molar-refractivity contribution >= 4 is 16.9 Å². The molecule has 0 saturated heterocycles. The van der Waals surface area contributed by atoms with Gasteiger partial charge in [0.15, 0.2) is 0 Å². The van der Waals surface area contributed by atoms with Crippen LogP contribution in [0.2, 0.25) is 0 Å². The first kappa shape index (κ1) is 16.3. The maximum atomic E-state index is 12.7. The Morgan fingerprint density at radius 1 is 1.12 bits per heavy atom. The van der Waals surface area contributed by atoms with Crippen molar-refractivity contribution in [1.82, 2.24) is 19.4 Å². The van der Waals surface area contributed by atoms with E-state index in [1.807, 2.05) is 18.2 Å². The third kappa shape index (κ3) is 2.44. The molecule has 0 radical (unpaired) electrons. The summed E-state index contributed by atoms with van der Waals surface area (Å²) >= 11 is 0. The van der Waals surface area contributed by atoms with E-state index in [2.05, 4.69) is 16.4 Å². The zero-order chi connectivity index (χ0) is 18.4. The van der Waals surface area contributed by atoms with Crippen LogP contribution in [-0.4, -0.2) is 20.0 Å². The van der Waals surface area contributed by atoms with Crippen molar-refractivity contribution in [2.24, 2.45) is 14.1 Å². The predicted octanol–water partition coefficient (Wildman–Crippen LogP) is 1.05. The molecular weight excluding hydrogens is 332 g/mol. The second kappa shape index (κ2) is 5.94. The Morgan fingerprint density at radius 3 is 2.69 bits per heavy atom. The molecular formula is C19H18N4O3. The molecule has 26 heavy (non-hydrogen) atoms. The summed E-state index contributed by atoms with van der Waals surface area (Å²) in [5.41, 5.74) is 1.87. The van der Waals surface area contributed by atoms with Gasteiger partial charge in [-0.1, -0.05) is 24.3 Å². The maximum Gasteiger partial charge on any atom is 0.332 e. The molecule has 2 aromatic heterocycles. The van der Waals surface area contributed by atoms with Gasteiger partial charge in [0, 0.05) is 14.1 Å². The Hall–Kier alpha value is -3.22. The molecule has 1 aliphatic carbocycles. The van der Waals surface area contributed by atoms with Crippen LogP contribution in [0.15, 0.2) is 46.0 Å². The Balaban J connectivity index is 1.70. The highest BCUT2D eigenvalue weighted by Gasteiger charge is 2.24. The molecule has 0 aliphatic heterocycles. The third-order valence-electron chi connectivity index (χ3n) is 4.97. The number of hydrogen-bond donors (Lipinski definition) is 1. The van der Waals surface area contributed by atoms with Crippen LogP contribution < -0.4 is 16.6 Å². The number of carbonyl (C=O) groups is 1. The van der Waals surface area contributed by atoms with Crippen LogP contribution in [0.25, 0.3) is 11.0 Å². The summed E-state index contributed by atoms with van der Waals surface area (Å²) in [6.45, 7) is 0. The van der Waals surface area contributed by atoms with E-state index in [9.17, 15) is 14.4 Å². The minimum absolute atomic E-state index is 0.0522. The summed E-state index contributed by atoms with van der Waals surface area (Å²) in [6, 6.07) is 11.1. The standard InChI is InChI=1S/C19H18N4O3/c1-22-16-13(18(25)23(2)19(22)26)8-10-15(20-16)17(24)21-14-9-7-11-5-3-4-6-12(11)14/h3-6,8,10,14H,7,9H2,1-2H3,(H,21,24). The number of fused-ring (bicyclic) bond motifs is 2. The summed E-state index contributed by atoms with van der Waals surface area (Å²) < 4.78 is 2.30. The van der Waals surface area contributed by atoms with Gasteiger partial charge in [0.05, 0.1) is 11.4 Å². The van der Waals surface area contributed by atoms with Crippen LogP contribution in [0.1, 0.15) is 34.1 Å². The number of rotatable bonds is 2. The van der Waals surface area contributed by atoms with Gasteiger partial charge in [-0.05, 0) is 36.1 Å². The summed E-state index contributed by atoms with van der Waals surface area (Å²) in [5.74, 6) is -0.318. The Labute approximate surface area is 148 Å². The van der Waals surface area contributed by atoms with Crippen molar-refractivity contribution in [3.63, 3.8) is 0 Å². The lowest BCUT2D eigenvalue weighted by molar-refractivity contribution is 0.0932. The normalized spacial score (nSPS) is 15.8. The first-order valence-electron chi connectivity index (χ1n) is 8.43. The summed E-state index contributed by atoms with van der Waals surface area (Å²) in [6.07, 6.45) is 1.77. The summed E-state index contributed by atoms with van der Waals surface area (Å²) in [5, 5.41) is 3.31. The molecule has 0 bridgehead atoms. The molecule has 7 heteroatoms. The number of hydrogen-bond acceptors (Lipinski definition) is 4. The maximum absolute atomic E-state index is 12.7. The number of carbonyl (C=O) groups excluding carboxylic acids is 1. The molecule has 1 unspecified atom stereocenters. The molecule has 132 valence electrons. The second-order valence-corrected chi connectivity index (χ2v) is 6.54. The van der Waals surface area contributed by atoms with Gasteiger partial charge in [0.25, 0.3) is 11.5 Å². The quantitative estimate of drug-likeness (QED) is 0.748. The van der Waals surface area contributed by atoms with Gasteiger partial charge in [-0.2, -0.15) is 0 Å². The largest absolute Gasteiger partial charge is 0.344 e. The van der Waals surface area contributed by atoms with E-state index in [1.165, 1.54) is 30.3 Å². The van der Waals surface area contributed by atoms with E-state index in [1.54, 1.807) is 6.07 Å². The van der Waals surface area contributed by atoms with Crippen LogP contribution in [0.4, 0.5) is 0 Å². The predicted molar refractivity (Wildman–Crippen MR) is 97.2 cm³/mol. The van der Waals surface area contributed by atoms with Crippen molar-refractivity contribution in [1.29, 1.82) is 0 Å². The van der Waals surface area contributed by atoms with Gasteiger partial charge < -0.3 is 5.32 Å². The lowest BCUT2D eigenvalue weighted by atomic mass is 10.1. The van der Waals surface area contributed by atoms with Gasteiger partial charge in [-0.3, -0.25) is 18.7 Å². The van der Waals surface area contributed by atoms with Crippen molar-refractivity contribution < 1.29 is 4.79 Å². The van der Waals surface area contributed by atoms with Crippen molar-refractivity contribution in [3.8, 4) is 0 Å². The number of benzene rings is 1. The zero-order valence-electron chi connectivity index (χ0n) is 14.5. The molecule has 1 N–H and O–H groups in total. The molecule has 0 fully saturated rings. The van der Waals surface area contributed by atoms with Gasteiger partial charge in [0.2, 0.25) is 0 Å². The highest BCUT2D eigenvalue weighted by Crippen LogP contribution is 2.30. The number of pyridine rings is 1. The molecule has 1 aliphatic rings. The zero-order valence-corrected chi connectivity index (χ0v) is 14.5. The Bertz CT molecular complexity index is 1160. The van der Waals surface area contributed by atoms with Gasteiger partial charge >= 0.3 is 5.69 Å². The fraction of sp³-hybridized carbons (Fsp3) is 0.263. The first-order chi connectivity index (χ1) is 12.5. The molecule has 1 aromatic carbocycles. The number of aryl methyl sites for hydroxylation is 2. The van der Waals surface area contributed by atoms with Crippen molar-refractivity contribution in [2.45, 2.75) is 18.9 Å². The minimum atomic E-state index is -0.475. The van der Waals surface area contributed by atoms with Crippen LogP contribution in [-0.2, 0) is 20.5 Å². The van der Waals surface area contributed by atoms with E-state index in [-0.39, 0.29) is 23.3 Å². The summed E-state index contributed by atoms with van der Waals surface area (Å²) in [4.78, 5) is 41.2. The fourth-order valence-electron chi connectivity index (χ4n) is 3.52. The van der Waals surface area contributed by atoms with Crippen LogP contribution >= 0.6 is 0 Å². The molecule has 3 aromatic rings. The molecule has 1 amide bonds. The summed E-state index contributed by atoms with van der Waals surface area (Å²) in [7, 11) is 2.95. The molecule has 4 rings (SSSR count). The highest BCUT2D eigenvalue weighted by molar-refractivity contribution is 5.94. The van der Waals surface area contributed by atoms with E-state index in [4.69, 9.17) is 0 Å². The topological polar surface area (TPSA) is 86.0 Å². The van der Waals surface area contributed by atoms with E-state index in [0.29, 0.717) is 5.39 Å². The lowest BCUT2D eigenvalue weighted by Gasteiger charge is -2.14. The third-order valence-corrected chi connectivity index (χ3v) is 4.97.